The first-order chi connectivity index (χ1) is 6.33. The summed E-state index contributed by atoms with van der Waals surface area (Å²) in [5, 5.41) is 0. The molecule has 0 saturated carbocycles. The molecule has 0 aliphatic heterocycles. The maximum Gasteiger partial charge on any atom is 0.273 e. The summed E-state index contributed by atoms with van der Waals surface area (Å²) < 4.78 is 49.1. The highest BCUT2D eigenvalue weighted by Gasteiger charge is 2.28. The summed E-state index contributed by atoms with van der Waals surface area (Å²) in [6.07, 6.45) is 1.16. The number of sulfonamides is 1. The molecule has 0 aromatic carbocycles. The van der Waals surface area contributed by atoms with Gasteiger partial charge in [-0.05, 0) is 6.42 Å². The van der Waals surface area contributed by atoms with Crippen molar-refractivity contribution >= 4 is 22.4 Å². The lowest BCUT2D eigenvalue weighted by Gasteiger charge is -2.14. The molecule has 0 heterocycles. The van der Waals surface area contributed by atoms with Gasteiger partial charge in [0.1, 0.15) is 0 Å². The number of alkyl halides is 2. The Morgan fingerprint density at radius 3 is 2.33 bits per heavy atom. The van der Waals surface area contributed by atoms with Gasteiger partial charge in [0.15, 0.2) is 0 Å². The van der Waals surface area contributed by atoms with Crippen LogP contribution in [0.15, 0.2) is 0 Å². The van der Waals surface area contributed by atoms with Crippen molar-refractivity contribution in [3.63, 3.8) is 0 Å². The average Bonchev–Trinajstić information content (AvgIpc) is 2.12. The second-order valence-electron chi connectivity index (χ2n) is 3.05. The number of nitrogens with one attached hydrogen (secondary N) is 1. The van der Waals surface area contributed by atoms with Gasteiger partial charge in [-0.3, -0.25) is 0 Å². The Hall–Kier alpha value is 0.0200. The van der Waals surface area contributed by atoms with Gasteiger partial charge in [-0.2, -0.15) is 0 Å². The molecular formula is C7H17ClF2N2O2S. The first kappa shape index (κ1) is 17.4. The average molecular weight is 267 g/mol. The van der Waals surface area contributed by atoms with Crippen molar-refractivity contribution in [2.45, 2.75) is 25.7 Å². The van der Waals surface area contributed by atoms with E-state index >= 15 is 0 Å². The fourth-order valence-corrected chi connectivity index (χ4v) is 1.94. The topological polar surface area (TPSA) is 72.2 Å². The van der Waals surface area contributed by atoms with Crippen LogP contribution in [-0.4, -0.2) is 33.2 Å². The second kappa shape index (κ2) is 7.32. The molecule has 4 nitrogen and oxygen atoms in total. The number of hydrogen-bond acceptors (Lipinski definition) is 3. The van der Waals surface area contributed by atoms with Crippen molar-refractivity contribution in [3.05, 3.63) is 0 Å². The Morgan fingerprint density at radius 2 is 1.93 bits per heavy atom. The lowest BCUT2D eigenvalue weighted by molar-refractivity contribution is 0.0170. The molecule has 0 spiro atoms. The molecule has 15 heavy (non-hydrogen) atoms. The van der Waals surface area contributed by atoms with Crippen molar-refractivity contribution in [1.29, 1.82) is 0 Å². The summed E-state index contributed by atoms with van der Waals surface area (Å²) in [7, 11) is -3.57. The van der Waals surface area contributed by atoms with Crippen molar-refractivity contribution in [1.82, 2.24) is 4.72 Å². The zero-order valence-electron chi connectivity index (χ0n) is 8.50. The molecule has 0 saturated heterocycles. The predicted octanol–water partition coefficient (Wildman–Crippen LogP) is 0.722. The number of rotatable bonds is 7. The van der Waals surface area contributed by atoms with E-state index in [0.29, 0.717) is 12.8 Å². The van der Waals surface area contributed by atoms with Gasteiger partial charge in [0.25, 0.3) is 5.92 Å². The van der Waals surface area contributed by atoms with Crippen LogP contribution in [0.5, 0.6) is 0 Å². The van der Waals surface area contributed by atoms with Crippen LogP contribution in [0.25, 0.3) is 0 Å². The fraction of sp³-hybridized carbons (Fsp3) is 1.00. The van der Waals surface area contributed by atoms with Crippen LogP contribution in [-0.2, 0) is 10.0 Å². The second-order valence-corrected chi connectivity index (χ2v) is 4.98. The quantitative estimate of drug-likeness (QED) is 0.713. The number of hydrogen-bond donors (Lipinski definition) is 2. The standard InChI is InChI=1S/C7H16F2N2O2S.ClH/c1-2-3-4-14(12,13)11-6-7(8,9)5-10;/h11H,2-6,10H2,1H3;1H. The van der Waals surface area contributed by atoms with Crippen LogP contribution in [0, 0.1) is 0 Å². The van der Waals surface area contributed by atoms with E-state index in [1.807, 2.05) is 11.6 Å². The molecule has 94 valence electrons. The Kier molecular flexibility index (Phi) is 8.50. The third-order valence-corrected chi connectivity index (χ3v) is 3.03. The van der Waals surface area contributed by atoms with Gasteiger partial charge in [-0.15, -0.1) is 12.4 Å². The number of halogens is 3. The van der Waals surface area contributed by atoms with Crippen molar-refractivity contribution < 1.29 is 17.2 Å². The molecule has 8 heteroatoms. The van der Waals surface area contributed by atoms with Gasteiger partial charge < -0.3 is 5.73 Å². The molecule has 0 atom stereocenters. The van der Waals surface area contributed by atoms with E-state index in [1.54, 1.807) is 0 Å². The van der Waals surface area contributed by atoms with Crippen LogP contribution >= 0.6 is 12.4 Å². The predicted molar refractivity (Wildman–Crippen MR) is 57.9 cm³/mol. The van der Waals surface area contributed by atoms with Crippen LogP contribution in [0.4, 0.5) is 8.78 Å². The van der Waals surface area contributed by atoms with E-state index < -0.39 is 29.0 Å². The largest absolute Gasteiger partial charge is 0.325 e. The molecule has 0 bridgehead atoms. The summed E-state index contributed by atoms with van der Waals surface area (Å²) >= 11 is 0. The number of unbranched alkanes of at least 4 members (excludes halogenated alkanes) is 1. The van der Waals surface area contributed by atoms with Crippen LogP contribution in [0.1, 0.15) is 19.8 Å². The highest BCUT2D eigenvalue weighted by molar-refractivity contribution is 7.89. The summed E-state index contributed by atoms with van der Waals surface area (Å²) in [5.74, 6) is -3.29. The van der Waals surface area contributed by atoms with Gasteiger partial charge in [0.05, 0.1) is 18.8 Å². The van der Waals surface area contributed by atoms with Crippen molar-refractivity contribution in [2.24, 2.45) is 5.73 Å². The Morgan fingerprint density at radius 1 is 1.40 bits per heavy atom. The minimum absolute atomic E-state index is 0. The van der Waals surface area contributed by atoms with E-state index in [1.165, 1.54) is 0 Å². The molecule has 0 aliphatic carbocycles. The highest BCUT2D eigenvalue weighted by atomic mass is 35.5. The smallest absolute Gasteiger partial charge is 0.273 e. The Bertz CT molecular complexity index is 260. The molecule has 0 aromatic rings. The van der Waals surface area contributed by atoms with Crippen LogP contribution < -0.4 is 10.5 Å². The lowest BCUT2D eigenvalue weighted by Crippen LogP contribution is -2.42. The SMILES string of the molecule is CCCCS(=O)(=O)NCC(F)(F)CN.Cl. The highest BCUT2D eigenvalue weighted by Crippen LogP contribution is 2.09. The van der Waals surface area contributed by atoms with Crippen LogP contribution in [0.3, 0.4) is 0 Å². The van der Waals surface area contributed by atoms with Gasteiger partial charge in [-0.1, -0.05) is 13.3 Å². The van der Waals surface area contributed by atoms with E-state index in [2.05, 4.69) is 0 Å². The van der Waals surface area contributed by atoms with Gasteiger partial charge in [0, 0.05) is 0 Å². The van der Waals surface area contributed by atoms with E-state index in [0.717, 1.165) is 0 Å². The fourth-order valence-electron chi connectivity index (χ4n) is 0.694. The zero-order chi connectivity index (χ0) is 11.2. The summed E-state index contributed by atoms with van der Waals surface area (Å²) in [6.45, 7) is 0.0445. The summed E-state index contributed by atoms with van der Waals surface area (Å²) in [6, 6.07) is 0. The molecule has 0 fully saturated rings. The first-order valence-corrected chi connectivity index (χ1v) is 6.03. The van der Waals surface area contributed by atoms with E-state index in [4.69, 9.17) is 5.73 Å². The van der Waals surface area contributed by atoms with Gasteiger partial charge in [-0.25, -0.2) is 21.9 Å². The molecule has 0 rings (SSSR count). The normalized spacial score (nSPS) is 12.3. The van der Waals surface area contributed by atoms with Gasteiger partial charge >= 0.3 is 0 Å². The molecule has 0 unspecified atom stereocenters. The van der Waals surface area contributed by atoms with Gasteiger partial charge in [0.2, 0.25) is 10.0 Å². The number of nitrogens with two attached hydrogens (primary N) is 1. The molecule has 0 aliphatic rings. The van der Waals surface area contributed by atoms with Crippen molar-refractivity contribution in [3.8, 4) is 0 Å². The maximum absolute atomic E-state index is 12.6. The summed E-state index contributed by atoms with van der Waals surface area (Å²) in [5.41, 5.74) is 4.75. The third-order valence-electron chi connectivity index (χ3n) is 1.62. The molecule has 0 amide bonds. The van der Waals surface area contributed by atoms with E-state index in [9.17, 15) is 17.2 Å². The molecule has 0 radical (unpaired) electrons. The summed E-state index contributed by atoms with van der Waals surface area (Å²) in [4.78, 5) is 0. The molecule has 0 aromatic heterocycles. The minimum Gasteiger partial charge on any atom is -0.325 e. The zero-order valence-corrected chi connectivity index (χ0v) is 10.1. The van der Waals surface area contributed by atoms with Crippen LogP contribution in [0.2, 0.25) is 0 Å². The Balaban J connectivity index is 0. The molecular weight excluding hydrogens is 250 g/mol. The first-order valence-electron chi connectivity index (χ1n) is 4.38. The minimum atomic E-state index is -3.57. The van der Waals surface area contributed by atoms with Crippen molar-refractivity contribution in [2.75, 3.05) is 18.8 Å². The monoisotopic (exact) mass is 266 g/mol. The lowest BCUT2D eigenvalue weighted by atomic mass is 10.3. The third kappa shape index (κ3) is 8.98. The molecule has 3 N–H and O–H groups in total. The van der Waals surface area contributed by atoms with E-state index in [-0.39, 0.29) is 18.2 Å². The Labute approximate surface area is 95.1 Å². The maximum atomic E-state index is 12.6.